The molecule has 1 aromatic heterocycles. The van der Waals surface area contributed by atoms with Crippen molar-refractivity contribution in [3.8, 4) is 5.75 Å². The lowest BCUT2D eigenvalue weighted by Crippen LogP contribution is -2.49. The number of benzene rings is 1. The maximum Gasteiger partial charge on any atom is 0.246 e. The summed E-state index contributed by atoms with van der Waals surface area (Å²) in [5, 5.41) is 13.4. The topological polar surface area (TPSA) is 136 Å². The first-order chi connectivity index (χ1) is 18.0. The zero-order chi connectivity index (χ0) is 25.7. The van der Waals surface area contributed by atoms with E-state index in [1.54, 1.807) is 12.1 Å². The molecule has 3 aliphatic rings. The number of hydrogen-bond donors (Lipinski definition) is 2. The maximum absolute atomic E-state index is 13.1. The molecule has 4 heterocycles. The number of ether oxygens (including phenoxy) is 2. The van der Waals surface area contributed by atoms with Crippen LogP contribution in [0.25, 0.3) is 0 Å². The molecule has 13 nitrogen and oxygen atoms in total. The molecule has 1 aromatic carbocycles. The van der Waals surface area contributed by atoms with E-state index in [1.165, 1.54) is 16.4 Å². The zero-order valence-corrected chi connectivity index (χ0v) is 21.6. The number of sulfonamides is 1. The third kappa shape index (κ3) is 6.21. The lowest BCUT2D eigenvalue weighted by Gasteiger charge is -2.34. The van der Waals surface area contributed by atoms with Gasteiger partial charge in [-0.1, -0.05) is 12.1 Å². The van der Waals surface area contributed by atoms with Crippen LogP contribution >= 0.6 is 0 Å². The van der Waals surface area contributed by atoms with E-state index in [1.807, 2.05) is 4.90 Å². The van der Waals surface area contributed by atoms with Crippen LogP contribution in [-0.4, -0.2) is 130 Å². The standard InChI is InChI=1S/C23H34N8O5S/c32-19-3-1-2-4-20(19)37(33,34)31-9-7-29(8-10-31)22-25-21(24-5-6-28-11-15-35-16-12-28)26-23(27-22)30-13-17-36-18-14-30/h1-4,32H,5-18H2,(H,24,25,26,27). The van der Waals surface area contributed by atoms with Gasteiger partial charge in [0.25, 0.3) is 0 Å². The number of rotatable bonds is 8. The number of piperazine rings is 1. The van der Waals surface area contributed by atoms with Gasteiger partial charge in [-0.3, -0.25) is 4.90 Å². The molecule has 0 spiro atoms. The van der Waals surface area contributed by atoms with Crippen LogP contribution in [-0.2, 0) is 19.5 Å². The molecule has 0 atom stereocenters. The lowest BCUT2D eigenvalue weighted by molar-refractivity contribution is 0.0398. The molecular formula is C23H34N8O5S. The van der Waals surface area contributed by atoms with Crippen LogP contribution in [0.15, 0.2) is 29.2 Å². The molecule has 5 rings (SSSR count). The number of nitrogens with one attached hydrogen (secondary N) is 1. The number of aromatic hydroxyl groups is 1. The quantitative estimate of drug-likeness (QED) is 0.459. The van der Waals surface area contributed by atoms with Gasteiger partial charge >= 0.3 is 0 Å². The molecule has 0 unspecified atom stereocenters. The Kier molecular flexibility index (Phi) is 8.20. The third-order valence-corrected chi connectivity index (χ3v) is 8.67. The largest absolute Gasteiger partial charge is 0.507 e. The SMILES string of the molecule is O=S(=O)(c1ccccc1O)N1CCN(c2nc(NCCN3CCOCC3)nc(N3CCOCC3)n2)CC1. The highest BCUT2D eigenvalue weighted by Crippen LogP contribution is 2.27. The Balaban J connectivity index is 1.28. The van der Waals surface area contributed by atoms with Gasteiger partial charge in [0.2, 0.25) is 27.9 Å². The van der Waals surface area contributed by atoms with Crippen LogP contribution in [0.1, 0.15) is 0 Å². The molecule has 3 saturated heterocycles. The van der Waals surface area contributed by atoms with Crippen molar-refractivity contribution in [2.24, 2.45) is 0 Å². The molecule has 14 heteroatoms. The molecule has 0 radical (unpaired) electrons. The minimum absolute atomic E-state index is 0.0787. The number of nitrogens with zero attached hydrogens (tertiary/aromatic N) is 7. The fraction of sp³-hybridized carbons (Fsp3) is 0.609. The van der Waals surface area contributed by atoms with Crippen LogP contribution in [0.3, 0.4) is 0 Å². The van der Waals surface area contributed by atoms with Gasteiger partial charge in [-0.2, -0.15) is 19.3 Å². The van der Waals surface area contributed by atoms with Gasteiger partial charge in [-0.05, 0) is 12.1 Å². The van der Waals surface area contributed by atoms with Crippen LogP contribution in [0, 0.1) is 0 Å². The van der Waals surface area contributed by atoms with Crippen LogP contribution in [0.5, 0.6) is 5.75 Å². The summed E-state index contributed by atoms with van der Waals surface area (Å²) in [6.45, 7) is 8.88. The maximum atomic E-state index is 13.1. The van der Waals surface area contributed by atoms with Crippen molar-refractivity contribution in [3.05, 3.63) is 24.3 Å². The average Bonchev–Trinajstić information content (AvgIpc) is 2.94. The van der Waals surface area contributed by atoms with Gasteiger partial charge in [-0.15, -0.1) is 0 Å². The van der Waals surface area contributed by atoms with E-state index in [2.05, 4.69) is 25.1 Å². The first-order valence-electron chi connectivity index (χ1n) is 12.7. The highest BCUT2D eigenvalue weighted by molar-refractivity contribution is 7.89. The van der Waals surface area contributed by atoms with Crippen molar-refractivity contribution in [1.29, 1.82) is 0 Å². The number of para-hydroxylation sites is 1. The summed E-state index contributed by atoms with van der Waals surface area (Å²) in [5.74, 6) is 1.37. The van der Waals surface area contributed by atoms with Crippen LogP contribution in [0.4, 0.5) is 17.8 Å². The summed E-state index contributed by atoms with van der Waals surface area (Å²) >= 11 is 0. The first-order valence-corrected chi connectivity index (χ1v) is 14.1. The number of phenolic OH excluding ortho intramolecular Hbond substituents is 1. The molecule has 0 saturated carbocycles. The molecule has 0 amide bonds. The summed E-state index contributed by atoms with van der Waals surface area (Å²) in [7, 11) is -3.80. The monoisotopic (exact) mass is 534 g/mol. The normalized spacial score (nSPS) is 20.2. The van der Waals surface area contributed by atoms with Gasteiger partial charge in [-0.25, -0.2) is 8.42 Å². The molecule has 0 bridgehead atoms. The Bertz CT molecular complexity index is 1150. The van der Waals surface area contributed by atoms with Crippen molar-refractivity contribution in [3.63, 3.8) is 0 Å². The number of hydrogen-bond acceptors (Lipinski definition) is 12. The van der Waals surface area contributed by atoms with Gasteiger partial charge in [0.1, 0.15) is 10.6 Å². The smallest absolute Gasteiger partial charge is 0.246 e. The van der Waals surface area contributed by atoms with Gasteiger partial charge in [0, 0.05) is 65.4 Å². The highest BCUT2D eigenvalue weighted by Gasteiger charge is 2.31. The predicted octanol–water partition coefficient (Wildman–Crippen LogP) is -0.331. The number of phenols is 1. The van der Waals surface area contributed by atoms with Crippen molar-refractivity contribution in [1.82, 2.24) is 24.2 Å². The third-order valence-electron chi connectivity index (χ3n) is 6.73. The fourth-order valence-corrected chi connectivity index (χ4v) is 6.08. The Hall–Kier alpha value is -2.78. The predicted molar refractivity (Wildman–Crippen MR) is 138 cm³/mol. The van der Waals surface area contributed by atoms with Crippen molar-refractivity contribution >= 4 is 27.9 Å². The first kappa shape index (κ1) is 25.9. The molecule has 0 aliphatic carbocycles. The summed E-state index contributed by atoms with van der Waals surface area (Å²) in [6.07, 6.45) is 0. The summed E-state index contributed by atoms with van der Waals surface area (Å²) < 4.78 is 38.5. The minimum atomic E-state index is -3.80. The number of aromatic nitrogens is 3. The summed E-state index contributed by atoms with van der Waals surface area (Å²) in [6, 6.07) is 6.02. The Labute approximate surface area is 217 Å². The molecule has 37 heavy (non-hydrogen) atoms. The Morgan fingerprint density at radius 1 is 0.811 bits per heavy atom. The second kappa shape index (κ2) is 11.7. The van der Waals surface area contributed by atoms with Crippen molar-refractivity contribution in [2.75, 3.05) is 107 Å². The Morgan fingerprint density at radius 2 is 1.41 bits per heavy atom. The van der Waals surface area contributed by atoms with E-state index in [0.29, 0.717) is 63.8 Å². The van der Waals surface area contributed by atoms with Crippen molar-refractivity contribution in [2.45, 2.75) is 4.90 Å². The molecule has 2 N–H and O–H groups in total. The Morgan fingerprint density at radius 3 is 2.05 bits per heavy atom. The summed E-state index contributed by atoms with van der Waals surface area (Å²) in [4.78, 5) is 20.4. The van der Waals surface area contributed by atoms with Crippen LogP contribution in [0.2, 0.25) is 0 Å². The molecular weight excluding hydrogens is 500 g/mol. The molecule has 2 aromatic rings. The van der Waals surface area contributed by atoms with Crippen LogP contribution < -0.4 is 15.1 Å². The van der Waals surface area contributed by atoms with E-state index < -0.39 is 10.0 Å². The molecule has 3 aliphatic heterocycles. The zero-order valence-electron chi connectivity index (χ0n) is 20.8. The van der Waals surface area contributed by atoms with Gasteiger partial charge in [0.15, 0.2) is 0 Å². The van der Waals surface area contributed by atoms with E-state index in [9.17, 15) is 13.5 Å². The van der Waals surface area contributed by atoms with Gasteiger partial charge < -0.3 is 29.7 Å². The highest BCUT2D eigenvalue weighted by atomic mass is 32.2. The van der Waals surface area contributed by atoms with E-state index in [4.69, 9.17) is 14.5 Å². The second-order valence-electron chi connectivity index (χ2n) is 9.10. The number of anilines is 3. The fourth-order valence-electron chi connectivity index (χ4n) is 4.57. The van der Waals surface area contributed by atoms with E-state index >= 15 is 0 Å². The van der Waals surface area contributed by atoms with E-state index in [-0.39, 0.29) is 23.7 Å². The van der Waals surface area contributed by atoms with Gasteiger partial charge in [0.05, 0.1) is 26.4 Å². The molecule has 202 valence electrons. The lowest BCUT2D eigenvalue weighted by atomic mass is 10.3. The number of morpholine rings is 2. The van der Waals surface area contributed by atoms with Crippen molar-refractivity contribution < 1.29 is 23.0 Å². The molecule has 3 fully saturated rings. The second-order valence-corrected chi connectivity index (χ2v) is 11.0. The minimum Gasteiger partial charge on any atom is -0.507 e. The average molecular weight is 535 g/mol. The summed E-state index contributed by atoms with van der Waals surface area (Å²) in [5.41, 5.74) is 0. The van der Waals surface area contributed by atoms with E-state index in [0.717, 1.165) is 32.8 Å².